The molecule has 0 spiro atoms. The Balaban J connectivity index is 1.74. The second kappa shape index (κ2) is 6.82. The molecule has 0 atom stereocenters. The van der Waals surface area contributed by atoms with Crippen molar-refractivity contribution >= 4 is 33.8 Å². The van der Waals surface area contributed by atoms with Crippen LogP contribution >= 0.6 is 22.9 Å². The van der Waals surface area contributed by atoms with Crippen LogP contribution in [0, 0.1) is 0 Å². The lowest BCUT2D eigenvalue weighted by molar-refractivity contribution is 0.968. The van der Waals surface area contributed by atoms with Gasteiger partial charge in [0.1, 0.15) is 10.2 Å². The van der Waals surface area contributed by atoms with Gasteiger partial charge in [0.25, 0.3) is 0 Å². The van der Waals surface area contributed by atoms with E-state index in [2.05, 4.69) is 31.7 Å². The van der Waals surface area contributed by atoms with Crippen LogP contribution in [0.25, 0.3) is 43.4 Å². The molecular weight excluding hydrogens is 390 g/mol. The van der Waals surface area contributed by atoms with Crippen molar-refractivity contribution in [1.29, 1.82) is 0 Å². The molecule has 5 heterocycles. The van der Waals surface area contributed by atoms with E-state index in [0.29, 0.717) is 5.15 Å². The third kappa shape index (κ3) is 2.87. The average molecular weight is 404 g/mol. The van der Waals surface area contributed by atoms with Crippen LogP contribution in [-0.4, -0.2) is 24.5 Å². The third-order valence-electron chi connectivity index (χ3n) is 4.52. The largest absolute Gasteiger partial charge is 0.350 e. The quantitative estimate of drug-likeness (QED) is 0.400. The molecule has 0 saturated carbocycles. The minimum atomic E-state index is 0.444. The zero-order chi connectivity index (χ0) is 19.1. The maximum Gasteiger partial charge on any atom is 0.150 e. The molecule has 7 heteroatoms. The highest BCUT2D eigenvalue weighted by atomic mass is 35.5. The maximum atomic E-state index is 6.55. The molecule has 136 valence electrons. The van der Waals surface area contributed by atoms with E-state index in [9.17, 15) is 0 Å². The van der Waals surface area contributed by atoms with Crippen LogP contribution in [0.15, 0.2) is 67.3 Å². The third-order valence-corrected chi connectivity index (χ3v) is 6.01. The molecule has 28 heavy (non-hydrogen) atoms. The zero-order valence-corrected chi connectivity index (χ0v) is 16.4. The fourth-order valence-corrected chi connectivity index (χ4v) is 4.43. The van der Waals surface area contributed by atoms with Crippen LogP contribution < -0.4 is 0 Å². The molecule has 0 fully saturated rings. The van der Waals surface area contributed by atoms with Crippen LogP contribution in [0.2, 0.25) is 5.15 Å². The molecule has 0 bridgehead atoms. The minimum Gasteiger partial charge on any atom is -0.350 e. The summed E-state index contributed by atoms with van der Waals surface area (Å²) in [5.41, 5.74) is 4.44. The molecule has 0 aliphatic rings. The van der Waals surface area contributed by atoms with Gasteiger partial charge < -0.3 is 4.57 Å². The van der Waals surface area contributed by atoms with E-state index in [1.807, 2.05) is 43.6 Å². The molecule has 0 N–H and O–H groups in total. The van der Waals surface area contributed by atoms with E-state index in [-0.39, 0.29) is 0 Å². The van der Waals surface area contributed by atoms with Crippen molar-refractivity contribution in [2.45, 2.75) is 0 Å². The van der Waals surface area contributed by atoms with Gasteiger partial charge in [-0.1, -0.05) is 17.7 Å². The number of aromatic nitrogens is 5. The van der Waals surface area contributed by atoms with E-state index in [0.717, 1.165) is 43.4 Å². The predicted molar refractivity (Wildman–Crippen MR) is 113 cm³/mol. The lowest BCUT2D eigenvalue weighted by Crippen LogP contribution is -1.93. The zero-order valence-electron chi connectivity index (χ0n) is 14.9. The van der Waals surface area contributed by atoms with E-state index >= 15 is 0 Å². The summed E-state index contributed by atoms with van der Waals surface area (Å²) in [4.78, 5) is 18.9. The topological polar surface area (TPSA) is 56.5 Å². The number of hydrogen-bond acceptors (Lipinski definition) is 5. The van der Waals surface area contributed by atoms with Crippen LogP contribution in [0.4, 0.5) is 0 Å². The molecule has 0 unspecified atom stereocenters. The Kier molecular flexibility index (Phi) is 4.15. The number of pyridine rings is 3. The number of aryl methyl sites for hydroxylation is 1. The lowest BCUT2D eigenvalue weighted by Gasteiger charge is -2.07. The molecule has 0 aromatic carbocycles. The number of halogens is 1. The number of rotatable bonds is 3. The molecule has 0 radical (unpaired) electrons. The molecule has 5 rings (SSSR count). The smallest absolute Gasteiger partial charge is 0.150 e. The van der Waals surface area contributed by atoms with Gasteiger partial charge in [0, 0.05) is 42.8 Å². The molecule has 0 amide bonds. The highest BCUT2D eigenvalue weighted by Crippen LogP contribution is 2.41. The van der Waals surface area contributed by atoms with Gasteiger partial charge >= 0.3 is 0 Å². The molecule has 0 saturated heterocycles. The monoisotopic (exact) mass is 403 g/mol. The number of nitrogens with zero attached hydrogens (tertiary/aromatic N) is 5. The Bertz CT molecular complexity index is 1280. The van der Waals surface area contributed by atoms with Gasteiger partial charge in [-0.25, -0.2) is 9.97 Å². The van der Waals surface area contributed by atoms with Gasteiger partial charge in [-0.05, 0) is 36.4 Å². The van der Waals surface area contributed by atoms with Crippen LogP contribution in [0.3, 0.4) is 0 Å². The van der Waals surface area contributed by atoms with E-state index in [1.165, 1.54) is 11.3 Å². The van der Waals surface area contributed by atoms with E-state index < -0.39 is 0 Å². The van der Waals surface area contributed by atoms with Crippen molar-refractivity contribution in [3.8, 4) is 32.5 Å². The Hall–Kier alpha value is -3.09. The highest BCUT2D eigenvalue weighted by molar-refractivity contribution is 7.19. The minimum absolute atomic E-state index is 0.444. The molecule has 0 aliphatic heterocycles. The van der Waals surface area contributed by atoms with E-state index in [1.54, 1.807) is 18.6 Å². The fourth-order valence-electron chi connectivity index (χ4n) is 3.14. The van der Waals surface area contributed by atoms with Crippen molar-refractivity contribution in [3.05, 3.63) is 72.4 Å². The highest BCUT2D eigenvalue weighted by Gasteiger charge is 2.19. The van der Waals surface area contributed by atoms with Crippen molar-refractivity contribution < 1.29 is 0 Å². The fraction of sp³-hybridized carbons (Fsp3) is 0.0476. The number of thiazole rings is 1. The second-order valence-electron chi connectivity index (χ2n) is 6.31. The SMILES string of the molecule is Cn1ccc2c(-c3sc(-c4cccnc4)nc3Cl)nc(-c3ccccn3)cc21. The molecule has 5 aromatic heterocycles. The lowest BCUT2D eigenvalue weighted by atomic mass is 10.1. The van der Waals surface area contributed by atoms with Crippen molar-refractivity contribution in [2.75, 3.05) is 0 Å². The Morgan fingerprint density at radius 1 is 1.00 bits per heavy atom. The summed E-state index contributed by atoms with van der Waals surface area (Å²) in [6, 6.07) is 13.8. The average Bonchev–Trinajstić information content (AvgIpc) is 3.32. The summed E-state index contributed by atoms with van der Waals surface area (Å²) in [6.07, 6.45) is 7.32. The van der Waals surface area contributed by atoms with Gasteiger partial charge in [0.15, 0.2) is 0 Å². The van der Waals surface area contributed by atoms with Gasteiger partial charge in [-0.3, -0.25) is 9.97 Å². The summed E-state index contributed by atoms with van der Waals surface area (Å²) >= 11 is 8.07. The van der Waals surface area contributed by atoms with E-state index in [4.69, 9.17) is 16.6 Å². The number of hydrogen-bond donors (Lipinski definition) is 0. The summed E-state index contributed by atoms with van der Waals surface area (Å²) in [6.45, 7) is 0. The van der Waals surface area contributed by atoms with Gasteiger partial charge in [0.05, 0.1) is 27.5 Å². The Morgan fingerprint density at radius 2 is 1.93 bits per heavy atom. The van der Waals surface area contributed by atoms with Gasteiger partial charge in [-0.15, -0.1) is 11.3 Å². The molecule has 5 nitrogen and oxygen atoms in total. The predicted octanol–water partition coefficient (Wildman–Crippen LogP) is 5.47. The van der Waals surface area contributed by atoms with Gasteiger partial charge in [0.2, 0.25) is 0 Å². The van der Waals surface area contributed by atoms with Crippen molar-refractivity contribution in [1.82, 2.24) is 24.5 Å². The summed E-state index contributed by atoms with van der Waals surface area (Å²) in [7, 11) is 2.02. The Labute approximate surface area is 170 Å². The first kappa shape index (κ1) is 17.0. The first-order valence-electron chi connectivity index (χ1n) is 8.65. The molecule has 0 aliphatic carbocycles. The summed E-state index contributed by atoms with van der Waals surface area (Å²) < 4.78 is 2.07. The summed E-state index contributed by atoms with van der Waals surface area (Å²) in [5.74, 6) is 0. The van der Waals surface area contributed by atoms with Crippen LogP contribution in [0.1, 0.15) is 0 Å². The van der Waals surface area contributed by atoms with Crippen LogP contribution in [-0.2, 0) is 7.05 Å². The Morgan fingerprint density at radius 3 is 2.71 bits per heavy atom. The molecule has 5 aromatic rings. The number of fused-ring (bicyclic) bond motifs is 1. The van der Waals surface area contributed by atoms with Gasteiger partial charge in [-0.2, -0.15) is 0 Å². The van der Waals surface area contributed by atoms with Crippen molar-refractivity contribution in [3.63, 3.8) is 0 Å². The first-order valence-corrected chi connectivity index (χ1v) is 9.85. The standard InChI is InChI=1S/C21H14ClN5S/c1-27-10-7-14-17(27)11-16(15-6-2-3-9-24-15)25-18(14)19-20(22)26-21(28-19)13-5-4-8-23-12-13/h2-12H,1H3. The second-order valence-corrected chi connectivity index (χ2v) is 7.67. The van der Waals surface area contributed by atoms with Crippen LogP contribution in [0.5, 0.6) is 0 Å². The summed E-state index contributed by atoms with van der Waals surface area (Å²) in [5, 5.41) is 2.30. The van der Waals surface area contributed by atoms with Crippen molar-refractivity contribution in [2.24, 2.45) is 7.05 Å². The normalized spacial score (nSPS) is 11.2. The molecular formula is C21H14ClN5S. The maximum absolute atomic E-state index is 6.55. The first-order chi connectivity index (χ1) is 13.7.